The molecule has 15 heavy (non-hydrogen) atoms. The summed E-state index contributed by atoms with van der Waals surface area (Å²) in [5.41, 5.74) is 0. The number of rotatable bonds is 5. The van der Waals surface area contributed by atoms with Gasteiger partial charge in [-0.15, -0.1) is 0 Å². The average molecular weight is 215 g/mol. The van der Waals surface area contributed by atoms with Crippen LogP contribution in [0, 0.1) is 5.92 Å². The molecule has 1 rings (SSSR count). The van der Waals surface area contributed by atoms with Crippen molar-refractivity contribution in [2.45, 2.75) is 26.3 Å². The van der Waals surface area contributed by atoms with Crippen LogP contribution in [0.15, 0.2) is 0 Å². The zero-order valence-electron chi connectivity index (χ0n) is 9.86. The predicted molar refractivity (Wildman–Crippen MR) is 57.7 cm³/mol. The topological polar surface area (TPSA) is 38.8 Å². The lowest BCUT2D eigenvalue weighted by Crippen LogP contribution is -2.38. The molecule has 0 radical (unpaired) electrons. The van der Waals surface area contributed by atoms with Crippen LogP contribution in [0.5, 0.6) is 0 Å². The quantitative estimate of drug-likeness (QED) is 0.639. The van der Waals surface area contributed by atoms with Crippen molar-refractivity contribution >= 4 is 5.97 Å². The Balaban J connectivity index is 2.35. The molecule has 4 nitrogen and oxygen atoms in total. The number of carbonyl (C=O) groups excluding carboxylic acids is 1. The van der Waals surface area contributed by atoms with Crippen LogP contribution in [0.25, 0.3) is 0 Å². The predicted octanol–water partition coefficient (Wildman–Crippen LogP) is 0.906. The molecular weight excluding hydrogens is 194 g/mol. The largest absolute Gasteiger partial charge is 0.465 e. The first-order valence-corrected chi connectivity index (χ1v) is 5.58. The molecule has 88 valence electrons. The van der Waals surface area contributed by atoms with Crippen molar-refractivity contribution in [3.63, 3.8) is 0 Å². The second-order valence-corrected chi connectivity index (χ2v) is 4.03. The van der Waals surface area contributed by atoms with Crippen LogP contribution in [0.3, 0.4) is 0 Å². The smallest absolute Gasteiger partial charge is 0.323 e. The van der Waals surface area contributed by atoms with E-state index in [1.165, 1.54) is 0 Å². The Morgan fingerprint density at radius 3 is 2.93 bits per heavy atom. The van der Waals surface area contributed by atoms with Gasteiger partial charge in [0, 0.05) is 13.7 Å². The molecule has 0 N–H and O–H groups in total. The number of carbonyl (C=O) groups is 1. The van der Waals surface area contributed by atoms with Gasteiger partial charge in [0.1, 0.15) is 6.04 Å². The monoisotopic (exact) mass is 215 g/mol. The van der Waals surface area contributed by atoms with Crippen molar-refractivity contribution in [1.82, 2.24) is 4.90 Å². The maximum absolute atomic E-state index is 11.5. The van der Waals surface area contributed by atoms with E-state index in [1.54, 1.807) is 7.11 Å². The standard InChI is InChI=1S/C11H21NO3/c1-4-15-11(13)9(2)12-6-5-10(7-12)8-14-3/h9-10H,4-8H2,1-3H3. The van der Waals surface area contributed by atoms with Gasteiger partial charge in [-0.2, -0.15) is 0 Å². The van der Waals surface area contributed by atoms with Gasteiger partial charge in [0.2, 0.25) is 0 Å². The van der Waals surface area contributed by atoms with Gasteiger partial charge >= 0.3 is 5.97 Å². The molecular formula is C11H21NO3. The zero-order valence-corrected chi connectivity index (χ0v) is 9.86. The van der Waals surface area contributed by atoms with E-state index in [0.29, 0.717) is 12.5 Å². The van der Waals surface area contributed by atoms with Gasteiger partial charge in [0.15, 0.2) is 0 Å². The molecule has 0 amide bonds. The van der Waals surface area contributed by atoms with E-state index in [2.05, 4.69) is 4.90 Å². The van der Waals surface area contributed by atoms with Crippen LogP contribution in [0.2, 0.25) is 0 Å². The van der Waals surface area contributed by atoms with E-state index >= 15 is 0 Å². The van der Waals surface area contributed by atoms with Crippen molar-refractivity contribution in [2.24, 2.45) is 5.92 Å². The Morgan fingerprint density at radius 1 is 1.60 bits per heavy atom. The highest BCUT2D eigenvalue weighted by molar-refractivity contribution is 5.75. The molecule has 0 aliphatic carbocycles. The van der Waals surface area contributed by atoms with Gasteiger partial charge in [-0.25, -0.2) is 0 Å². The van der Waals surface area contributed by atoms with Crippen LogP contribution in [0.4, 0.5) is 0 Å². The molecule has 2 unspecified atom stereocenters. The maximum Gasteiger partial charge on any atom is 0.323 e. The van der Waals surface area contributed by atoms with Crippen LogP contribution in [-0.2, 0) is 14.3 Å². The Hall–Kier alpha value is -0.610. The van der Waals surface area contributed by atoms with E-state index in [-0.39, 0.29) is 12.0 Å². The first-order valence-electron chi connectivity index (χ1n) is 5.58. The van der Waals surface area contributed by atoms with E-state index < -0.39 is 0 Å². The van der Waals surface area contributed by atoms with Crippen LogP contribution in [0.1, 0.15) is 20.3 Å². The highest BCUT2D eigenvalue weighted by atomic mass is 16.5. The number of nitrogens with zero attached hydrogens (tertiary/aromatic N) is 1. The molecule has 1 saturated heterocycles. The van der Waals surface area contributed by atoms with Gasteiger partial charge in [-0.3, -0.25) is 9.69 Å². The van der Waals surface area contributed by atoms with E-state index in [9.17, 15) is 4.79 Å². The minimum Gasteiger partial charge on any atom is -0.465 e. The first-order chi connectivity index (χ1) is 7.19. The average Bonchev–Trinajstić information content (AvgIpc) is 2.66. The molecule has 0 aromatic heterocycles. The molecule has 1 aliphatic heterocycles. The number of hydrogen-bond acceptors (Lipinski definition) is 4. The summed E-state index contributed by atoms with van der Waals surface area (Å²) in [4.78, 5) is 13.7. The van der Waals surface area contributed by atoms with Crippen LogP contribution >= 0.6 is 0 Å². The molecule has 1 fully saturated rings. The molecule has 1 heterocycles. The lowest BCUT2D eigenvalue weighted by molar-refractivity contribution is -0.148. The van der Waals surface area contributed by atoms with Gasteiger partial charge in [0.25, 0.3) is 0 Å². The normalized spacial score (nSPS) is 24.1. The van der Waals surface area contributed by atoms with Crippen molar-refractivity contribution < 1.29 is 14.3 Å². The Kier molecular flexibility index (Phi) is 5.05. The fourth-order valence-corrected chi connectivity index (χ4v) is 2.00. The first kappa shape index (κ1) is 12.5. The molecule has 2 atom stereocenters. The van der Waals surface area contributed by atoms with Crippen molar-refractivity contribution in [3.05, 3.63) is 0 Å². The minimum absolute atomic E-state index is 0.115. The van der Waals surface area contributed by atoms with Crippen molar-refractivity contribution in [3.8, 4) is 0 Å². The van der Waals surface area contributed by atoms with Gasteiger partial charge in [-0.05, 0) is 32.7 Å². The van der Waals surface area contributed by atoms with E-state index in [0.717, 1.165) is 26.1 Å². The van der Waals surface area contributed by atoms with E-state index in [4.69, 9.17) is 9.47 Å². The number of likely N-dealkylation sites (tertiary alicyclic amines) is 1. The SMILES string of the molecule is CCOC(=O)C(C)N1CCC(COC)C1. The molecule has 0 aromatic carbocycles. The summed E-state index contributed by atoms with van der Waals surface area (Å²) >= 11 is 0. The number of hydrogen-bond donors (Lipinski definition) is 0. The third-order valence-corrected chi connectivity index (χ3v) is 2.90. The lowest BCUT2D eigenvalue weighted by Gasteiger charge is -2.22. The van der Waals surface area contributed by atoms with Crippen molar-refractivity contribution in [2.75, 3.05) is 33.4 Å². The Bertz CT molecular complexity index is 208. The molecule has 0 aromatic rings. The third kappa shape index (κ3) is 3.47. The highest BCUT2D eigenvalue weighted by Crippen LogP contribution is 2.19. The summed E-state index contributed by atoms with van der Waals surface area (Å²) in [5.74, 6) is 0.447. The highest BCUT2D eigenvalue weighted by Gasteiger charge is 2.29. The zero-order chi connectivity index (χ0) is 11.3. The summed E-state index contributed by atoms with van der Waals surface area (Å²) in [5, 5.41) is 0. The second kappa shape index (κ2) is 6.08. The maximum atomic E-state index is 11.5. The summed E-state index contributed by atoms with van der Waals surface area (Å²) < 4.78 is 10.1. The fourth-order valence-electron chi connectivity index (χ4n) is 2.00. The lowest BCUT2D eigenvalue weighted by atomic mass is 10.1. The molecule has 1 aliphatic rings. The summed E-state index contributed by atoms with van der Waals surface area (Å²) in [6.07, 6.45) is 1.11. The van der Waals surface area contributed by atoms with Gasteiger partial charge in [-0.1, -0.05) is 0 Å². The molecule has 0 spiro atoms. The fraction of sp³-hybridized carbons (Fsp3) is 0.909. The van der Waals surface area contributed by atoms with Gasteiger partial charge in [0.05, 0.1) is 13.2 Å². The second-order valence-electron chi connectivity index (χ2n) is 4.03. The third-order valence-electron chi connectivity index (χ3n) is 2.90. The Labute approximate surface area is 91.5 Å². The number of esters is 1. The Morgan fingerprint density at radius 2 is 2.33 bits per heavy atom. The summed E-state index contributed by atoms with van der Waals surface area (Å²) in [6, 6.07) is -0.119. The molecule has 0 saturated carbocycles. The summed E-state index contributed by atoms with van der Waals surface area (Å²) in [6.45, 7) is 6.89. The van der Waals surface area contributed by atoms with Crippen LogP contribution < -0.4 is 0 Å². The molecule has 4 heteroatoms. The summed E-state index contributed by atoms with van der Waals surface area (Å²) in [7, 11) is 1.72. The molecule has 0 bridgehead atoms. The minimum atomic E-state index is -0.119. The number of methoxy groups -OCH3 is 1. The van der Waals surface area contributed by atoms with E-state index in [1.807, 2.05) is 13.8 Å². The number of ether oxygens (including phenoxy) is 2. The van der Waals surface area contributed by atoms with Crippen LogP contribution in [-0.4, -0.2) is 50.3 Å². The van der Waals surface area contributed by atoms with Crippen molar-refractivity contribution in [1.29, 1.82) is 0 Å². The van der Waals surface area contributed by atoms with Gasteiger partial charge < -0.3 is 9.47 Å².